The van der Waals surface area contributed by atoms with E-state index in [1.54, 1.807) is 20.8 Å². The maximum absolute atomic E-state index is 12.8. The molecule has 1 fully saturated rings. The van der Waals surface area contributed by atoms with Gasteiger partial charge in [-0.2, -0.15) is 0 Å². The van der Waals surface area contributed by atoms with Crippen molar-refractivity contribution in [2.45, 2.75) is 66.1 Å². The van der Waals surface area contributed by atoms with Crippen LogP contribution >= 0.6 is 0 Å². The van der Waals surface area contributed by atoms with Crippen LogP contribution in [0.25, 0.3) is 5.57 Å². The summed E-state index contributed by atoms with van der Waals surface area (Å²) in [4.78, 5) is 25.6. The first-order valence-electron chi connectivity index (χ1n) is 10.4. The third-order valence-electron chi connectivity index (χ3n) is 5.75. The van der Waals surface area contributed by atoms with Crippen LogP contribution in [0, 0.1) is 5.41 Å². The van der Waals surface area contributed by atoms with Crippen molar-refractivity contribution < 1.29 is 28.4 Å². The Bertz CT molecular complexity index is 750. The molecule has 0 radical (unpaired) electrons. The predicted molar refractivity (Wildman–Crippen MR) is 116 cm³/mol. The van der Waals surface area contributed by atoms with E-state index in [1.165, 1.54) is 0 Å². The fourth-order valence-corrected chi connectivity index (χ4v) is 3.22. The topological polar surface area (TPSA) is 71.1 Å². The van der Waals surface area contributed by atoms with Gasteiger partial charge in [0, 0.05) is 0 Å². The van der Waals surface area contributed by atoms with Gasteiger partial charge in [0.15, 0.2) is 5.41 Å². The van der Waals surface area contributed by atoms with Crippen molar-refractivity contribution in [3.05, 3.63) is 41.9 Å². The Morgan fingerprint density at radius 3 is 1.87 bits per heavy atom. The first kappa shape index (κ1) is 24.2. The lowest BCUT2D eigenvalue weighted by molar-refractivity contribution is -0.170. The van der Waals surface area contributed by atoms with Gasteiger partial charge in [-0.15, -0.1) is 0 Å². The minimum absolute atomic E-state index is 0.0960. The summed E-state index contributed by atoms with van der Waals surface area (Å²) in [7, 11) is -0.612. The van der Waals surface area contributed by atoms with Crippen molar-refractivity contribution in [1.29, 1.82) is 0 Å². The quantitative estimate of drug-likeness (QED) is 0.359. The second kappa shape index (κ2) is 9.35. The van der Waals surface area contributed by atoms with E-state index in [2.05, 4.69) is 0 Å². The zero-order valence-electron chi connectivity index (χ0n) is 19.1. The SMILES string of the molecule is CCOC(=O)C(C)(C/C(=C\B1OC(C)(C)C(C)(C)O1)c1ccccc1)C(=O)OCC. The van der Waals surface area contributed by atoms with Gasteiger partial charge < -0.3 is 18.8 Å². The Hall–Kier alpha value is -2.12. The highest BCUT2D eigenvalue weighted by molar-refractivity contribution is 6.53. The van der Waals surface area contributed by atoms with E-state index < -0.39 is 35.7 Å². The van der Waals surface area contributed by atoms with E-state index in [1.807, 2.05) is 64.0 Å². The van der Waals surface area contributed by atoms with E-state index in [4.69, 9.17) is 18.8 Å². The molecule has 7 heteroatoms. The second-order valence-electron chi connectivity index (χ2n) is 8.63. The molecule has 0 bridgehead atoms. The maximum atomic E-state index is 12.8. The molecule has 0 saturated carbocycles. The first-order valence-corrected chi connectivity index (χ1v) is 10.4. The van der Waals surface area contributed by atoms with E-state index in [0.717, 1.165) is 11.1 Å². The van der Waals surface area contributed by atoms with Crippen molar-refractivity contribution in [3.8, 4) is 0 Å². The molecule has 1 saturated heterocycles. The molecule has 1 aliphatic rings. The molecule has 0 N–H and O–H groups in total. The molecule has 0 unspecified atom stereocenters. The third-order valence-corrected chi connectivity index (χ3v) is 5.75. The molecule has 1 aromatic rings. The highest BCUT2D eigenvalue weighted by Crippen LogP contribution is 2.39. The van der Waals surface area contributed by atoms with Gasteiger partial charge in [0.2, 0.25) is 0 Å². The maximum Gasteiger partial charge on any atom is 0.487 e. The Morgan fingerprint density at radius 2 is 1.43 bits per heavy atom. The van der Waals surface area contributed by atoms with Crippen LogP contribution in [0.5, 0.6) is 0 Å². The van der Waals surface area contributed by atoms with Crippen molar-refractivity contribution in [2.75, 3.05) is 13.2 Å². The summed E-state index contributed by atoms with van der Waals surface area (Å²) in [5.74, 6) is 0.612. The van der Waals surface area contributed by atoms with Crippen molar-refractivity contribution in [3.63, 3.8) is 0 Å². The molecule has 1 heterocycles. The fraction of sp³-hybridized carbons (Fsp3) is 0.565. The molecule has 164 valence electrons. The minimum atomic E-state index is -1.49. The van der Waals surface area contributed by atoms with Gasteiger partial charge in [0.05, 0.1) is 24.4 Å². The smallest absolute Gasteiger partial charge is 0.465 e. The monoisotopic (exact) mass is 416 g/mol. The standard InChI is InChI=1S/C23H33BO6/c1-8-27-19(25)23(7,20(26)28-9-2)15-18(17-13-11-10-12-14-17)16-24-29-21(3,4)22(5,6)30-24/h10-14,16H,8-9,15H2,1-7H3/b18-16+. The van der Waals surface area contributed by atoms with Crippen molar-refractivity contribution >= 4 is 24.6 Å². The van der Waals surface area contributed by atoms with Gasteiger partial charge in [-0.1, -0.05) is 36.3 Å². The number of carbonyl (C=O) groups is 2. The van der Waals surface area contributed by atoms with Crippen LogP contribution in [0.4, 0.5) is 0 Å². The van der Waals surface area contributed by atoms with Crippen LogP contribution in [0.3, 0.4) is 0 Å². The zero-order valence-corrected chi connectivity index (χ0v) is 19.1. The zero-order chi connectivity index (χ0) is 22.6. The summed E-state index contributed by atoms with van der Waals surface area (Å²) in [6.45, 7) is 13.2. The lowest BCUT2D eigenvalue weighted by atomic mass is 9.76. The molecule has 0 atom stereocenters. The highest BCUT2D eigenvalue weighted by Gasteiger charge is 2.51. The van der Waals surface area contributed by atoms with E-state index in [9.17, 15) is 9.59 Å². The summed E-state index contributed by atoms with van der Waals surface area (Å²) in [5.41, 5.74) is -0.870. The van der Waals surface area contributed by atoms with Gasteiger partial charge in [-0.25, -0.2) is 0 Å². The number of allylic oxidation sites excluding steroid dienone is 1. The molecule has 1 aliphatic heterocycles. The number of carbonyl (C=O) groups excluding carboxylic acids is 2. The fourth-order valence-electron chi connectivity index (χ4n) is 3.22. The first-order chi connectivity index (χ1) is 14.0. The van der Waals surface area contributed by atoms with Gasteiger partial charge >= 0.3 is 19.1 Å². The van der Waals surface area contributed by atoms with Gasteiger partial charge in [-0.05, 0) is 66.0 Å². The van der Waals surface area contributed by atoms with Crippen LogP contribution < -0.4 is 0 Å². The lowest BCUT2D eigenvalue weighted by Crippen LogP contribution is -2.41. The molecule has 2 rings (SSSR count). The van der Waals surface area contributed by atoms with Gasteiger partial charge in [0.1, 0.15) is 0 Å². The normalized spacial score (nSPS) is 18.2. The molecule has 30 heavy (non-hydrogen) atoms. The molecular formula is C23H33BO6. The summed E-state index contributed by atoms with van der Waals surface area (Å²) >= 11 is 0. The number of ether oxygens (including phenoxy) is 2. The Balaban J connectivity index is 2.47. The summed E-state index contributed by atoms with van der Waals surface area (Å²) in [6, 6.07) is 9.56. The number of benzene rings is 1. The Kier molecular flexibility index (Phi) is 7.53. The second-order valence-corrected chi connectivity index (χ2v) is 8.63. The Labute approximate surface area is 180 Å². The Morgan fingerprint density at radius 1 is 0.967 bits per heavy atom. The number of hydrogen-bond acceptors (Lipinski definition) is 6. The van der Waals surface area contributed by atoms with Crippen LogP contribution in [0.1, 0.15) is 60.5 Å². The van der Waals surface area contributed by atoms with Crippen LogP contribution in [-0.2, 0) is 28.4 Å². The van der Waals surface area contributed by atoms with Crippen LogP contribution in [0.15, 0.2) is 36.3 Å². The molecular weight excluding hydrogens is 383 g/mol. The largest absolute Gasteiger partial charge is 0.487 e. The van der Waals surface area contributed by atoms with E-state index in [0.29, 0.717) is 0 Å². The lowest BCUT2D eigenvalue weighted by Gasteiger charge is -2.32. The van der Waals surface area contributed by atoms with Crippen molar-refractivity contribution in [2.24, 2.45) is 5.41 Å². The van der Waals surface area contributed by atoms with Crippen LogP contribution in [0.2, 0.25) is 0 Å². The average Bonchev–Trinajstić information content (AvgIpc) is 2.88. The summed E-state index contributed by atoms with van der Waals surface area (Å²) in [6.07, 6.45) is 0.0960. The molecule has 1 aromatic carbocycles. The predicted octanol–water partition coefficient (Wildman–Crippen LogP) is 4.22. The van der Waals surface area contributed by atoms with E-state index >= 15 is 0 Å². The highest BCUT2D eigenvalue weighted by atomic mass is 16.7. The van der Waals surface area contributed by atoms with Crippen molar-refractivity contribution in [1.82, 2.24) is 0 Å². The summed E-state index contributed by atoms with van der Waals surface area (Å²) < 4.78 is 22.7. The molecule has 0 aromatic heterocycles. The molecule has 6 nitrogen and oxygen atoms in total. The van der Waals surface area contributed by atoms with Crippen LogP contribution in [-0.4, -0.2) is 43.5 Å². The molecule has 0 aliphatic carbocycles. The number of rotatable bonds is 8. The third kappa shape index (κ3) is 5.13. The number of hydrogen-bond donors (Lipinski definition) is 0. The van der Waals surface area contributed by atoms with Gasteiger partial charge in [-0.3, -0.25) is 9.59 Å². The van der Waals surface area contributed by atoms with Gasteiger partial charge in [0.25, 0.3) is 0 Å². The minimum Gasteiger partial charge on any atom is -0.465 e. The molecule has 0 spiro atoms. The number of esters is 2. The summed E-state index contributed by atoms with van der Waals surface area (Å²) in [5, 5.41) is 0. The average molecular weight is 416 g/mol. The molecule has 0 amide bonds. The van der Waals surface area contributed by atoms with E-state index in [-0.39, 0.29) is 19.6 Å².